The van der Waals surface area contributed by atoms with Gasteiger partial charge in [-0.05, 0) is 36.0 Å². The highest BCUT2D eigenvalue weighted by Gasteiger charge is 2.21. The maximum atomic E-state index is 6.01. The van der Waals surface area contributed by atoms with Gasteiger partial charge in [0.05, 0.1) is 13.2 Å². The largest absolute Gasteiger partial charge is 0.492 e. The monoisotopic (exact) mass is 347 g/mol. The van der Waals surface area contributed by atoms with Gasteiger partial charge in [-0.2, -0.15) is 0 Å². The Balaban J connectivity index is 1.40. The van der Waals surface area contributed by atoms with Crippen LogP contribution in [0.2, 0.25) is 0 Å². The predicted octanol–water partition coefficient (Wildman–Crippen LogP) is 2.38. The lowest BCUT2D eigenvalue weighted by molar-refractivity contribution is 0.0105. The minimum absolute atomic E-state index is 0.764. The molecule has 2 fully saturated rings. The summed E-state index contributed by atoms with van der Waals surface area (Å²) in [5, 5.41) is 2.23. The van der Waals surface area contributed by atoms with Crippen LogP contribution in [-0.4, -0.2) is 62.5 Å². The second-order valence-corrected chi connectivity index (χ2v) is 7.64. The Morgan fingerprint density at radius 2 is 1.92 bits per heavy atom. The molecule has 140 valence electrons. The van der Waals surface area contributed by atoms with E-state index in [1.807, 2.05) is 0 Å². The van der Waals surface area contributed by atoms with Crippen LogP contribution in [0.5, 0.6) is 5.75 Å². The standard InChI is InChI=1S/C20H33N3O2/c1-17-12-18(2)16-22(15-17)6-11-25-20-5-3-4-19(13-20)14-21-23-7-9-24-10-8-23/h3-5,13,17-18,21H,6-12,14-16H2,1-2H3/t17-,18-/m1/s1. The predicted molar refractivity (Wildman–Crippen MR) is 101 cm³/mol. The lowest BCUT2D eigenvalue weighted by Gasteiger charge is -2.34. The van der Waals surface area contributed by atoms with Crippen molar-refractivity contribution in [2.45, 2.75) is 26.8 Å². The van der Waals surface area contributed by atoms with Crippen molar-refractivity contribution in [3.8, 4) is 5.75 Å². The minimum atomic E-state index is 0.764. The lowest BCUT2D eigenvalue weighted by Crippen LogP contribution is -2.45. The number of hydrogen-bond donors (Lipinski definition) is 1. The number of nitrogens with one attached hydrogen (secondary N) is 1. The van der Waals surface area contributed by atoms with Crippen molar-refractivity contribution in [1.29, 1.82) is 0 Å². The summed E-state index contributed by atoms with van der Waals surface area (Å²) in [6, 6.07) is 8.43. The zero-order chi connectivity index (χ0) is 17.5. The van der Waals surface area contributed by atoms with Crippen LogP contribution in [0, 0.1) is 11.8 Å². The molecule has 3 rings (SSSR count). The first-order chi connectivity index (χ1) is 12.2. The van der Waals surface area contributed by atoms with E-state index in [1.54, 1.807) is 0 Å². The number of rotatable bonds is 7. The average molecular weight is 348 g/mol. The number of hydrazine groups is 1. The SMILES string of the molecule is C[C@@H]1C[C@@H](C)CN(CCOc2cccc(CNN3CCOCC3)c2)C1. The molecule has 5 heteroatoms. The molecule has 2 aliphatic rings. The van der Waals surface area contributed by atoms with Gasteiger partial charge in [-0.3, -0.25) is 10.3 Å². The van der Waals surface area contributed by atoms with Crippen LogP contribution in [0.1, 0.15) is 25.8 Å². The number of benzene rings is 1. The van der Waals surface area contributed by atoms with Crippen molar-refractivity contribution in [2.24, 2.45) is 11.8 Å². The van der Waals surface area contributed by atoms with Crippen LogP contribution in [0.25, 0.3) is 0 Å². The van der Waals surface area contributed by atoms with Gasteiger partial charge in [0.15, 0.2) is 0 Å². The molecule has 0 saturated carbocycles. The topological polar surface area (TPSA) is 37.0 Å². The Morgan fingerprint density at radius 1 is 1.16 bits per heavy atom. The van der Waals surface area contributed by atoms with E-state index in [0.29, 0.717) is 0 Å². The zero-order valence-electron chi connectivity index (χ0n) is 15.7. The third kappa shape index (κ3) is 6.26. The molecule has 0 amide bonds. The van der Waals surface area contributed by atoms with E-state index in [9.17, 15) is 0 Å². The Labute approximate surface area is 152 Å². The van der Waals surface area contributed by atoms with Crippen LogP contribution in [0.4, 0.5) is 0 Å². The summed E-state index contributed by atoms with van der Waals surface area (Å²) in [4.78, 5) is 2.54. The number of nitrogens with zero attached hydrogens (tertiary/aromatic N) is 2. The molecule has 2 saturated heterocycles. The molecule has 0 aromatic heterocycles. The highest BCUT2D eigenvalue weighted by atomic mass is 16.5. The molecule has 25 heavy (non-hydrogen) atoms. The number of likely N-dealkylation sites (tertiary alicyclic amines) is 1. The summed E-state index contributed by atoms with van der Waals surface area (Å²) in [5.74, 6) is 2.58. The van der Waals surface area contributed by atoms with E-state index in [4.69, 9.17) is 9.47 Å². The van der Waals surface area contributed by atoms with E-state index in [2.05, 4.69) is 53.4 Å². The molecule has 1 N–H and O–H groups in total. The van der Waals surface area contributed by atoms with E-state index in [-0.39, 0.29) is 0 Å². The molecular formula is C20H33N3O2. The molecule has 0 unspecified atom stereocenters. The highest BCUT2D eigenvalue weighted by Crippen LogP contribution is 2.20. The molecule has 1 aromatic rings. The van der Waals surface area contributed by atoms with Gasteiger partial charge in [-0.1, -0.05) is 26.0 Å². The molecule has 2 atom stereocenters. The van der Waals surface area contributed by atoms with Crippen LogP contribution in [-0.2, 0) is 11.3 Å². The van der Waals surface area contributed by atoms with Gasteiger partial charge in [0.1, 0.15) is 12.4 Å². The summed E-state index contributed by atoms with van der Waals surface area (Å²) in [6.07, 6.45) is 1.36. The molecule has 0 spiro atoms. The summed E-state index contributed by atoms with van der Waals surface area (Å²) < 4.78 is 11.4. The highest BCUT2D eigenvalue weighted by molar-refractivity contribution is 5.28. The van der Waals surface area contributed by atoms with Crippen LogP contribution in [0.15, 0.2) is 24.3 Å². The normalized spacial score (nSPS) is 25.8. The van der Waals surface area contributed by atoms with E-state index in [0.717, 1.165) is 63.6 Å². The van der Waals surface area contributed by atoms with Gasteiger partial charge in [0.2, 0.25) is 0 Å². The first-order valence-electron chi connectivity index (χ1n) is 9.69. The number of ether oxygens (including phenoxy) is 2. The maximum Gasteiger partial charge on any atom is 0.119 e. The van der Waals surface area contributed by atoms with Crippen molar-refractivity contribution < 1.29 is 9.47 Å². The first kappa shape index (κ1) is 18.6. The Kier molecular flexibility index (Phi) is 7.11. The molecule has 0 bridgehead atoms. The zero-order valence-corrected chi connectivity index (χ0v) is 15.7. The third-order valence-electron chi connectivity index (χ3n) is 5.04. The van der Waals surface area contributed by atoms with Gasteiger partial charge in [-0.15, -0.1) is 0 Å². The average Bonchev–Trinajstić information content (AvgIpc) is 2.60. The van der Waals surface area contributed by atoms with Gasteiger partial charge in [-0.25, -0.2) is 5.01 Å². The van der Waals surface area contributed by atoms with Crippen LogP contribution >= 0.6 is 0 Å². The Morgan fingerprint density at radius 3 is 2.68 bits per heavy atom. The van der Waals surface area contributed by atoms with Crippen molar-refractivity contribution in [3.05, 3.63) is 29.8 Å². The maximum absolute atomic E-state index is 6.01. The second-order valence-electron chi connectivity index (χ2n) is 7.64. The van der Waals surface area contributed by atoms with Crippen molar-refractivity contribution in [1.82, 2.24) is 15.3 Å². The van der Waals surface area contributed by atoms with Crippen LogP contribution in [0.3, 0.4) is 0 Å². The Bertz CT molecular complexity index is 509. The quantitative estimate of drug-likeness (QED) is 0.820. The summed E-state index contributed by atoms with van der Waals surface area (Å²) in [6.45, 7) is 13.2. The second kappa shape index (κ2) is 9.53. The molecule has 1 aromatic carbocycles. The molecule has 0 radical (unpaired) electrons. The van der Waals surface area contributed by atoms with Gasteiger partial charge < -0.3 is 9.47 Å². The lowest BCUT2D eigenvalue weighted by atomic mass is 9.92. The van der Waals surface area contributed by atoms with Crippen molar-refractivity contribution in [3.63, 3.8) is 0 Å². The summed E-state index contributed by atoms with van der Waals surface area (Å²) in [7, 11) is 0. The number of morpholine rings is 1. The fourth-order valence-corrected chi connectivity index (χ4v) is 3.94. The minimum Gasteiger partial charge on any atom is -0.492 e. The smallest absolute Gasteiger partial charge is 0.119 e. The van der Waals surface area contributed by atoms with Crippen LogP contribution < -0.4 is 10.2 Å². The van der Waals surface area contributed by atoms with E-state index >= 15 is 0 Å². The molecule has 5 nitrogen and oxygen atoms in total. The molecule has 2 aliphatic heterocycles. The van der Waals surface area contributed by atoms with Gasteiger partial charge in [0.25, 0.3) is 0 Å². The third-order valence-corrected chi connectivity index (χ3v) is 5.04. The van der Waals surface area contributed by atoms with Crippen molar-refractivity contribution >= 4 is 0 Å². The number of hydrogen-bond acceptors (Lipinski definition) is 5. The Hall–Kier alpha value is -1.14. The first-order valence-corrected chi connectivity index (χ1v) is 9.69. The van der Waals surface area contributed by atoms with Gasteiger partial charge >= 0.3 is 0 Å². The van der Waals surface area contributed by atoms with Crippen molar-refractivity contribution in [2.75, 3.05) is 52.5 Å². The summed E-state index contributed by atoms with van der Waals surface area (Å²) >= 11 is 0. The summed E-state index contributed by atoms with van der Waals surface area (Å²) in [5.41, 5.74) is 4.73. The van der Waals surface area contributed by atoms with Gasteiger partial charge in [0, 0.05) is 39.3 Å². The number of piperidine rings is 1. The molecule has 0 aliphatic carbocycles. The fourth-order valence-electron chi connectivity index (χ4n) is 3.94. The fraction of sp³-hybridized carbons (Fsp3) is 0.700. The van der Waals surface area contributed by atoms with E-state index in [1.165, 1.54) is 25.1 Å². The molecule has 2 heterocycles. The van der Waals surface area contributed by atoms with E-state index < -0.39 is 0 Å². The molecular weight excluding hydrogens is 314 g/mol.